The van der Waals surface area contributed by atoms with Crippen LogP contribution in [-0.2, 0) is 22.3 Å². The number of aromatic nitrogens is 2. The first-order valence-electron chi connectivity index (χ1n) is 9.08. The molecule has 0 unspecified atom stereocenters. The third kappa shape index (κ3) is 6.85. The van der Waals surface area contributed by atoms with Gasteiger partial charge in [-0.2, -0.15) is 4.98 Å². The topological polar surface area (TPSA) is 139 Å². The van der Waals surface area contributed by atoms with Gasteiger partial charge in [0.1, 0.15) is 5.75 Å². The van der Waals surface area contributed by atoms with E-state index in [1.807, 2.05) is 0 Å². The summed E-state index contributed by atoms with van der Waals surface area (Å²) in [5.41, 5.74) is 0.395. The minimum Gasteiger partial charge on any atom is -0.465 e. The molecule has 0 radical (unpaired) electrons. The SMILES string of the molecule is CN(C)c1nc(CN(C(=O)O)C(C)(C)C)cc(Oc2ccc(CS(N)(=O)=O)cc2)n1. The number of nitrogens with two attached hydrogens (primary N) is 1. The smallest absolute Gasteiger partial charge is 0.408 e. The number of carboxylic acid groups (broad SMARTS) is 1. The van der Waals surface area contributed by atoms with Gasteiger partial charge in [0.25, 0.3) is 0 Å². The zero-order valence-electron chi connectivity index (χ0n) is 17.7. The minimum absolute atomic E-state index is 0.0614. The van der Waals surface area contributed by atoms with Gasteiger partial charge in [-0.15, -0.1) is 0 Å². The van der Waals surface area contributed by atoms with E-state index in [2.05, 4.69) is 9.97 Å². The van der Waals surface area contributed by atoms with Gasteiger partial charge < -0.3 is 14.7 Å². The number of hydrogen-bond donors (Lipinski definition) is 2. The van der Waals surface area contributed by atoms with Crippen molar-refractivity contribution in [3.63, 3.8) is 0 Å². The number of ether oxygens (including phenoxy) is 1. The number of benzene rings is 1. The minimum atomic E-state index is -3.62. The number of nitrogens with zero attached hydrogens (tertiary/aromatic N) is 4. The van der Waals surface area contributed by atoms with Gasteiger partial charge in [0.2, 0.25) is 21.9 Å². The second-order valence-corrected chi connectivity index (χ2v) is 9.60. The zero-order valence-corrected chi connectivity index (χ0v) is 18.5. The Kier molecular flexibility index (Phi) is 6.88. The van der Waals surface area contributed by atoms with Crippen molar-refractivity contribution in [2.45, 2.75) is 38.6 Å². The maximum absolute atomic E-state index is 11.7. The summed E-state index contributed by atoms with van der Waals surface area (Å²) in [6.45, 7) is 5.47. The maximum Gasteiger partial charge on any atom is 0.408 e. The Morgan fingerprint density at radius 1 is 1.17 bits per heavy atom. The van der Waals surface area contributed by atoms with Crippen LogP contribution in [0.15, 0.2) is 30.3 Å². The standard InChI is InChI=1S/C19H27N5O5S/c1-19(2,3)24(18(25)26)11-14-10-16(22-17(21-14)23(4)5)29-15-8-6-13(7-9-15)12-30(20,27)28/h6-10H,11-12H2,1-5H3,(H,25,26)(H2,20,27,28). The van der Waals surface area contributed by atoms with Crippen LogP contribution in [0.2, 0.25) is 0 Å². The van der Waals surface area contributed by atoms with Crippen LogP contribution in [0.3, 0.4) is 0 Å². The molecule has 1 heterocycles. The molecule has 164 valence electrons. The molecule has 0 aliphatic rings. The summed E-state index contributed by atoms with van der Waals surface area (Å²) in [5, 5.41) is 14.6. The van der Waals surface area contributed by atoms with Crippen molar-refractivity contribution >= 4 is 22.1 Å². The molecular weight excluding hydrogens is 410 g/mol. The van der Waals surface area contributed by atoms with Crippen LogP contribution in [0.1, 0.15) is 32.0 Å². The van der Waals surface area contributed by atoms with E-state index >= 15 is 0 Å². The predicted molar refractivity (Wildman–Crippen MR) is 113 cm³/mol. The summed E-state index contributed by atoms with van der Waals surface area (Å²) in [7, 11) is -0.0849. The Morgan fingerprint density at radius 3 is 2.23 bits per heavy atom. The fourth-order valence-corrected chi connectivity index (χ4v) is 3.21. The van der Waals surface area contributed by atoms with Gasteiger partial charge in [0, 0.05) is 25.7 Å². The molecule has 11 heteroatoms. The number of hydrogen-bond acceptors (Lipinski definition) is 7. The van der Waals surface area contributed by atoms with E-state index in [1.165, 1.54) is 4.90 Å². The third-order valence-corrected chi connectivity index (χ3v) is 4.75. The second kappa shape index (κ2) is 8.84. The second-order valence-electron chi connectivity index (χ2n) is 7.98. The van der Waals surface area contributed by atoms with E-state index in [1.54, 1.807) is 70.1 Å². The molecule has 0 atom stereocenters. The maximum atomic E-state index is 11.7. The van der Waals surface area contributed by atoms with Gasteiger partial charge in [0.15, 0.2) is 0 Å². The van der Waals surface area contributed by atoms with Crippen LogP contribution >= 0.6 is 0 Å². The summed E-state index contributed by atoms with van der Waals surface area (Å²) < 4.78 is 28.2. The zero-order chi connectivity index (χ0) is 22.7. The Morgan fingerprint density at radius 2 is 1.77 bits per heavy atom. The molecule has 1 aromatic heterocycles. The third-order valence-electron chi connectivity index (χ3n) is 4.02. The Hall–Kier alpha value is -2.92. The highest BCUT2D eigenvalue weighted by molar-refractivity contribution is 7.88. The highest BCUT2D eigenvalue weighted by atomic mass is 32.2. The first-order valence-corrected chi connectivity index (χ1v) is 10.8. The van der Waals surface area contributed by atoms with Crippen LogP contribution in [-0.4, -0.2) is 54.1 Å². The van der Waals surface area contributed by atoms with Crippen LogP contribution in [0.25, 0.3) is 0 Å². The summed E-state index contributed by atoms with van der Waals surface area (Å²) >= 11 is 0. The summed E-state index contributed by atoms with van der Waals surface area (Å²) in [6.07, 6.45) is -1.06. The number of primary sulfonamides is 1. The fraction of sp³-hybridized carbons (Fsp3) is 0.421. The molecule has 0 saturated carbocycles. The van der Waals surface area contributed by atoms with E-state index < -0.39 is 21.7 Å². The largest absolute Gasteiger partial charge is 0.465 e. The quantitative estimate of drug-likeness (QED) is 0.673. The summed E-state index contributed by atoms with van der Waals surface area (Å²) in [6, 6.07) is 7.99. The number of anilines is 1. The lowest BCUT2D eigenvalue weighted by Crippen LogP contribution is -2.44. The molecule has 1 amide bonds. The van der Waals surface area contributed by atoms with E-state index in [4.69, 9.17) is 9.88 Å². The average molecular weight is 438 g/mol. The summed E-state index contributed by atoms with van der Waals surface area (Å²) in [4.78, 5) is 23.4. The van der Waals surface area contributed by atoms with Crippen molar-refractivity contribution in [2.75, 3.05) is 19.0 Å². The molecule has 0 aliphatic carbocycles. The molecule has 0 saturated heterocycles. The van der Waals surface area contributed by atoms with Gasteiger partial charge >= 0.3 is 6.09 Å². The van der Waals surface area contributed by atoms with Gasteiger partial charge in [-0.3, -0.25) is 4.90 Å². The molecule has 0 aliphatic heterocycles. The van der Waals surface area contributed by atoms with Crippen molar-refractivity contribution in [2.24, 2.45) is 5.14 Å². The Balaban J connectivity index is 2.31. The van der Waals surface area contributed by atoms with E-state index in [-0.39, 0.29) is 18.2 Å². The summed E-state index contributed by atoms with van der Waals surface area (Å²) in [5.74, 6) is 0.774. The molecule has 2 aromatic rings. The highest BCUT2D eigenvalue weighted by Crippen LogP contribution is 2.25. The highest BCUT2D eigenvalue weighted by Gasteiger charge is 2.27. The first kappa shape index (κ1) is 23.4. The molecule has 10 nitrogen and oxygen atoms in total. The van der Waals surface area contributed by atoms with Gasteiger partial charge in [0.05, 0.1) is 18.0 Å². The van der Waals surface area contributed by atoms with Gasteiger partial charge in [-0.05, 0) is 38.5 Å². The van der Waals surface area contributed by atoms with E-state index in [0.717, 1.165) is 0 Å². The van der Waals surface area contributed by atoms with Crippen LogP contribution in [0, 0.1) is 0 Å². The molecule has 30 heavy (non-hydrogen) atoms. The van der Waals surface area contributed by atoms with Crippen molar-refractivity contribution in [3.05, 3.63) is 41.6 Å². The van der Waals surface area contributed by atoms with E-state index in [0.29, 0.717) is 23.0 Å². The van der Waals surface area contributed by atoms with Gasteiger partial charge in [-0.25, -0.2) is 23.3 Å². The van der Waals surface area contributed by atoms with Crippen molar-refractivity contribution in [3.8, 4) is 11.6 Å². The number of amides is 1. The average Bonchev–Trinajstić information content (AvgIpc) is 2.58. The fourth-order valence-electron chi connectivity index (χ4n) is 2.55. The molecule has 2 rings (SSSR count). The van der Waals surface area contributed by atoms with Crippen molar-refractivity contribution < 1.29 is 23.1 Å². The Labute approximate surface area is 176 Å². The van der Waals surface area contributed by atoms with Crippen molar-refractivity contribution in [1.29, 1.82) is 0 Å². The lowest BCUT2D eigenvalue weighted by molar-refractivity contribution is 0.0946. The number of rotatable bonds is 7. The lowest BCUT2D eigenvalue weighted by atomic mass is 10.1. The van der Waals surface area contributed by atoms with Crippen LogP contribution in [0.5, 0.6) is 11.6 Å². The van der Waals surface area contributed by atoms with Gasteiger partial charge in [-0.1, -0.05) is 12.1 Å². The molecular formula is C19H27N5O5S. The normalized spacial score (nSPS) is 11.8. The number of sulfonamides is 1. The molecule has 3 N–H and O–H groups in total. The molecule has 0 fully saturated rings. The van der Waals surface area contributed by atoms with Crippen LogP contribution < -0.4 is 14.8 Å². The number of carbonyl (C=O) groups is 1. The Bertz CT molecular complexity index is 1000. The van der Waals surface area contributed by atoms with Crippen LogP contribution in [0.4, 0.5) is 10.7 Å². The monoisotopic (exact) mass is 437 g/mol. The lowest BCUT2D eigenvalue weighted by Gasteiger charge is -2.33. The van der Waals surface area contributed by atoms with E-state index in [9.17, 15) is 18.3 Å². The first-order chi connectivity index (χ1) is 13.7. The molecule has 0 bridgehead atoms. The van der Waals surface area contributed by atoms with Crippen molar-refractivity contribution in [1.82, 2.24) is 14.9 Å². The molecule has 1 aromatic carbocycles. The predicted octanol–water partition coefficient (Wildman–Crippen LogP) is 2.40. The molecule has 0 spiro atoms.